The van der Waals surface area contributed by atoms with Crippen molar-refractivity contribution >= 4 is 33.2 Å². The van der Waals surface area contributed by atoms with E-state index < -0.39 is 27.3 Å². The average molecular weight is 385 g/mol. The lowest BCUT2D eigenvalue weighted by Crippen LogP contribution is -2.40. The fourth-order valence-electron chi connectivity index (χ4n) is 2.07. The number of benzene rings is 2. The summed E-state index contributed by atoms with van der Waals surface area (Å²) < 4.78 is 41.0. The fraction of sp³-hybridized carbons (Fsp3) is 0.235. The van der Waals surface area contributed by atoms with E-state index in [-0.39, 0.29) is 21.2 Å². The number of rotatable bonds is 4. The monoisotopic (exact) mass is 384 g/mol. The Morgan fingerprint density at radius 2 is 1.80 bits per heavy atom. The van der Waals surface area contributed by atoms with Gasteiger partial charge in [0, 0.05) is 16.2 Å². The molecule has 25 heavy (non-hydrogen) atoms. The number of nitrogens with one attached hydrogen (secondary N) is 2. The molecule has 0 atom stereocenters. The van der Waals surface area contributed by atoms with E-state index in [9.17, 15) is 17.6 Å². The van der Waals surface area contributed by atoms with Crippen LogP contribution >= 0.6 is 11.6 Å². The predicted molar refractivity (Wildman–Crippen MR) is 95.9 cm³/mol. The van der Waals surface area contributed by atoms with Crippen LogP contribution < -0.4 is 10.0 Å². The molecule has 134 valence electrons. The first-order valence-electron chi connectivity index (χ1n) is 7.38. The van der Waals surface area contributed by atoms with Gasteiger partial charge in [-0.3, -0.25) is 4.79 Å². The first-order valence-corrected chi connectivity index (χ1v) is 9.24. The molecule has 0 spiro atoms. The first-order chi connectivity index (χ1) is 11.5. The maximum atomic E-state index is 13.8. The second kappa shape index (κ2) is 7.11. The van der Waals surface area contributed by atoms with Crippen molar-refractivity contribution < 1.29 is 17.6 Å². The molecular weight excluding hydrogens is 367 g/mol. The Balaban J connectivity index is 2.28. The van der Waals surface area contributed by atoms with Gasteiger partial charge in [0.2, 0.25) is 10.0 Å². The van der Waals surface area contributed by atoms with E-state index in [0.717, 1.165) is 6.07 Å². The van der Waals surface area contributed by atoms with Crippen molar-refractivity contribution in [1.82, 2.24) is 4.72 Å². The van der Waals surface area contributed by atoms with Crippen molar-refractivity contribution in [3.63, 3.8) is 0 Å². The quantitative estimate of drug-likeness (QED) is 0.841. The molecule has 0 aliphatic heterocycles. The Bertz CT molecular complexity index is 908. The first kappa shape index (κ1) is 19.4. The number of sulfonamides is 1. The molecule has 0 aromatic heterocycles. The summed E-state index contributed by atoms with van der Waals surface area (Å²) in [6.45, 7) is 5.16. The smallest absolute Gasteiger partial charge is 0.258 e. The number of halogens is 2. The third-order valence-corrected chi connectivity index (χ3v) is 5.01. The Labute approximate surface area is 151 Å². The van der Waals surface area contributed by atoms with Gasteiger partial charge in [0.25, 0.3) is 5.91 Å². The molecule has 0 bridgehead atoms. The molecule has 1 amide bonds. The van der Waals surface area contributed by atoms with Crippen LogP contribution in [0.4, 0.5) is 10.1 Å². The van der Waals surface area contributed by atoms with E-state index in [4.69, 9.17) is 11.6 Å². The van der Waals surface area contributed by atoms with Crippen molar-refractivity contribution in [2.24, 2.45) is 0 Å². The van der Waals surface area contributed by atoms with E-state index in [1.165, 1.54) is 36.4 Å². The largest absolute Gasteiger partial charge is 0.322 e. The van der Waals surface area contributed by atoms with Crippen LogP contribution in [0, 0.1) is 5.82 Å². The topological polar surface area (TPSA) is 75.3 Å². The highest BCUT2D eigenvalue weighted by Crippen LogP contribution is 2.20. The number of hydrogen-bond donors (Lipinski definition) is 2. The molecule has 2 aromatic rings. The van der Waals surface area contributed by atoms with Gasteiger partial charge in [0.05, 0.1) is 10.5 Å². The third-order valence-electron chi connectivity index (χ3n) is 3.02. The number of amides is 1. The van der Waals surface area contributed by atoms with Crippen LogP contribution in [-0.2, 0) is 10.0 Å². The van der Waals surface area contributed by atoms with Gasteiger partial charge in [0.1, 0.15) is 5.82 Å². The van der Waals surface area contributed by atoms with Crippen LogP contribution in [0.3, 0.4) is 0 Å². The van der Waals surface area contributed by atoms with E-state index in [1.54, 1.807) is 20.8 Å². The van der Waals surface area contributed by atoms with Crippen LogP contribution in [0.5, 0.6) is 0 Å². The van der Waals surface area contributed by atoms with Crippen LogP contribution in [-0.4, -0.2) is 19.9 Å². The lowest BCUT2D eigenvalue weighted by Gasteiger charge is -2.20. The van der Waals surface area contributed by atoms with Crippen LogP contribution in [0.2, 0.25) is 5.02 Å². The Hall–Kier alpha value is -1.96. The second-order valence-corrected chi connectivity index (χ2v) is 8.58. The van der Waals surface area contributed by atoms with Crippen molar-refractivity contribution in [3.8, 4) is 0 Å². The molecular formula is C17H18ClFN2O3S. The SMILES string of the molecule is CC(C)(C)NS(=O)(=O)c1cccc(NC(=O)c2cc(Cl)ccc2F)c1. The van der Waals surface area contributed by atoms with Gasteiger partial charge < -0.3 is 5.32 Å². The number of carbonyl (C=O) groups excluding carboxylic acids is 1. The van der Waals surface area contributed by atoms with Gasteiger partial charge in [-0.05, 0) is 57.2 Å². The molecule has 0 saturated heterocycles. The van der Waals surface area contributed by atoms with E-state index in [1.807, 2.05) is 0 Å². The number of anilines is 1. The number of hydrogen-bond acceptors (Lipinski definition) is 3. The van der Waals surface area contributed by atoms with Crippen molar-refractivity contribution in [2.45, 2.75) is 31.2 Å². The molecule has 0 saturated carbocycles. The molecule has 2 aromatic carbocycles. The summed E-state index contributed by atoms with van der Waals surface area (Å²) in [7, 11) is -3.75. The van der Waals surface area contributed by atoms with Crippen LogP contribution in [0.1, 0.15) is 31.1 Å². The highest BCUT2D eigenvalue weighted by atomic mass is 35.5. The van der Waals surface area contributed by atoms with Gasteiger partial charge in [-0.25, -0.2) is 17.5 Å². The molecule has 5 nitrogen and oxygen atoms in total. The normalized spacial score (nSPS) is 12.0. The number of carbonyl (C=O) groups is 1. The predicted octanol–water partition coefficient (Wildman–Crippen LogP) is 3.81. The zero-order valence-electron chi connectivity index (χ0n) is 13.9. The second-order valence-electron chi connectivity index (χ2n) is 6.46. The molecule has 0 heterocycles. The molecule has 2 rings (SSSR count). The van der Waals surface area contributed by atoms with Gasteiger partial charge >= 0.3 is 0 Å². The molecule has 2 N–H and O–H groups in total. The van der Waals surface area contributed by atoms with Gasteiger partial charge in [-0.15, -0.1) is 0 Å². The van der Waals surface area contributed by atoms with Gasteiger partial charge in [0.15, 0.2) is 0 Å². The molecule has 0 aliphatic rings. The lowest BCUT2D eigenvalue weighted by molar-refractivity contribution is 0.102. The summed E-state index contributed by atoms with van der Waals surface area (Å²) in [5, 5.41) is 2.69. The summed E-state index contributed by atoms with van der Waals surface area (Å²) in [5.41, 5.74) is -0.656. The zero-order chi connectivity index (χ0) is 18.8. The summed E-state index contributed by atoms with van der Waals surface area (Å²) in [5.74, 6) is -1.45. The van der Waals surface area contributed by atoms with Crippen molar-refractivity contribution in [1.29, 1.82) is 0 Å². The minimum Gasteiger partial charge on any atom is -0.322 e. The standard InChI is InChI=1S/C17H18ClFN2O3S/c1-17(2,3)21-25(23,24)13-6-4-5-12(10-13)20-16(22)14-9-11(18)7-8-15(14)19/h4-10,21H,1-3H3,(H,20,22). The van der Waals surface area contributed by atoms with E-state index in [2.05, 4.69) is 10.0 Å². The van der Waals surface area contributed by atoms with E-state index >= 15 is 0 Å². The highest BCUT2D eigenvalue weighted by molar-refractivity contribution is 7.89. The molecule has 0 fully saturated rings. The average Bonchev–Trinajstić information content (AvgIpc) is 2.47. The Morgan fingerprint density at radius 3 is 2.44 bits per heavy atom. The lowest BCUT2D eigenvalue weighted by atomic mass is 10.1. The summed E-state index contributed by atoms with van der Waals surface area (Å²) in [6, 6.07) is 9.33. The maximum absolute atomic E-state index is 13.8. The summed E-state index contributed by atoms with van der Waals surface area (Å²) >= 11 is 5.78. The maximum Gasteiger partial charge on any atom is 0.258 e. The van der Waals surface area contributed by atoms with Crippen molar-refractivity contribution in [2.75, 3.05) is 5.32 Å². The summed E-state index contributed by atoms with van der Waals surface area (Å²) in [4.78, 5) is 12.2. The minimum absolute atomic E-state index is 0.00760. The van der Waals surface area contributed by atoms with Gasteiger partial charge in [-0.2, -0.15) is 0 Å². The third kappa shape index (κ3) is 5.26. The zero-order valence-corrected chi connectivity index (χ0v) is 15.5. The summed E-state index contributed by atoms with van der Waals surface area (Å²) in [6.07, 6.45) is 0. The Kier molecular flexibility index (Phi) is 5.51. The highest BCUT2D eigenvalue weighted by Gasteiger charge is 2.22. The van der Waals surface area contributed by atoms with Crippen LogP contribution in [0.15, 0.2) is 47.4 Å². The molecule has 8 heteroatoms. The molecule has 0 unspecified atom stereocenters. The van der Waals surface area contributed by atoms with Crippen LogP contribution in [0.25, 0.3) is 0 Å². The van der Waals surface area contributed by atoms with Gasteiger partial charge in [-0.1, -0.05) is 17.7 Å². The Morgan fingerprint density at radius 1 is 1.12 bits per heavy atom. The minimum atomic E-state index is -3.75. The molecule has 0 aliphatic carbocycles. The fourth-order valence-corrected chi connectivity index (χ4v) is 3.71. The van der Waals surface area contributed by atoms with E-state index in [0.29, 0.717) is 0 Å². The van der Waals surface area contributed by atoms with Crippen molar-refractivity contribution in [3.05, 3.63) is 58.9 Å². The molecule has 0 radical (unpaired) electrons.